The van der Waals surface area contributed by atoms with Crippen molar-refractivity contribution in [1.29, 1.82) is 0 Å². The number of benzene rings is 1. The molecular formula is C27H35N9. The first-order chi connectivity index (χ1) is 17.7. The lowest BCUT2D eigenvalue weighted by molar-refractivity contribution is 0.148. The first-order valence-corrected chi connectivity index (χ1v) is 13.7. The van der Waals surface area contributed by atoms with E-state index in [0.29, 0.717) is 23.7 Å². The summed E-state index contributed by atoms with van der Waals surface area (Å²) in [5.74, 6) is 2.43. The molecular weight excluding hydrogens is 450 g/mol. The first-order valence-electron chi connectivity index (χ1n) is 13.7. The first kappa shape index (κ1) is 22.0. The monoisotopic (exact) mass is 485 g/mol. The fourth-order valence-corrected chi connectivity index (χ4v) is 6.85. The molecule has 188 valence electrons. The highest BCUT2D eigenvalue weighted by molar-refractivity contribution is 5.60. The smallest absolute Gasteiger partial charge is 0.254 e. The summed E-state index contributed by atoms with van der Waals surface area (Å²) in [6.45, 7) is 4.51. The molecule has 3 heterocycles. The largest absolute Gasteiger partial charge is 0.369 e. The molecule has 1 aromatic carbocycles. The second kappa shape index (κ2) is 9.03. The third-order valence-corrected chi connectivity index (χ3v) is 8.81. The van der Waals surface area contributed by atoms with Crippen LogP contribution in [0.15, 0.2) is 30.5 Å². The highest BCUT2D eigenvalue weighted by Gasteiger charge is 2.38. The van der Waals surface area contributed by atoms with Crippen molar-refractivity contribution >= 4 is 23.3 Å². The minimum Gasteiger partial charge on any atom is -0.369 e. The van der Waals surface area contributed by atoms with Gasteiger partial charge in [-0.25, -0.2) is 9.97 Å². The topological polar surface area (TPSA) is 101 Å². The third kappa shape index (κ3) is 3.99. The van der Waals surface area contributed by atoms with E-state index in [0.717, 1.165) is 37.9 Å². The number of piperazine rings is 1. The molecule has 2 saturated carbocycles. The fraction of sp³-hybridized carbons (Fsp3) is 0.556. The summed E-state index contributed by atoms with van der Waals surface area (Å²) >= 11 is 0. The molecule has 3 aromatic rings. The van der Waals surface area contributed by atoms with Crippen LogP contribution in [0.3, 0.4) is 0 Å². The highest BCUT2D eigenvalue weighted by Crippen LogP contribution is 2.51. The summed E-state index contributed by atoms with van der Waals surface area (Å²) < 4.78 is 1.54. The number of hydrogen-bond acceptors (Lipinski definition) is 8. The molecule has 0 amide bonds. The van der Waals surface area contributed by atoms with Gasteiger partial charge >= 0.3 is 0 Å². The zero-order chi connectivity index (χ0) is 24.1. The molecule has 3 aliphatic carbocycles. The van der Waals surface area contributed by atoms with Gasteiger partial charge in [0.2, 0.25) is 11.9 Å². The average Bonchev–Trinajstić information content (AvgIpc) is 3.65. The van der Waals surface area contributed by atoms with E-state index in [1.54, 1.807) is 0 Å². The van der Waals surface area contributed by atoms with Crippen LogP contribution in [-0.4, -0.2) is 61.9 Å². The van der Waals surface area contributed by atoms with Gasteiger partial charge in [0, 0.05) is 55.7 Å². The Morgan fingerprint density at radius 3 is 2.44 bits per heavy atom. The van der Waals surface area contributed by atoms with Gasteiger partial charge in [-0.2, -0.15) is 9.67 Å². The Bertz CT molecular complexity index is 1220. The molecule has 2 aromatic heterocycles. The second-order valence-electron chi connectivity index (χ2n) is 10.9. The van der Waals surface area contributed by atoms with Gasteiger partial charge in [0.25, 0.3) is 5.95 Å². The maximum Gasteiger partial charge on any atom is 0.254 e. The summed E-state index contributed by atoms with van der Waals surface area (Å²) in [6.07, 6.45) is 12.6. The summed E-state index contributed by atoms with van der Waals surface area (Å²) in [5.41, 5.74) is 10.9. The quantitative estimate of drug-likeness (QED) is 0.554. The Morgan fingerprint density at radius 2 is 1.64 bits per heavy atom. The maximum atomic E-state index is 6.19. The number of nitrogens with two attached hydrogens (primary N) is 1. The van der Waals surface area contributed by atoms with Gasteiger partial charge in [0.05, 0.1) is 5.69 Å². The lowest BCUT2D eigenvalue weighted by Gasteiger charge is -2.41. The van der Waals surface area contributed by atoms with Crippen molar-refractivity contribution in [1.82, 2.24) is 29.6 Å². The molecule has 2 unspecified atom stereocenters. The predicted molar refractivity (Wildman–Crippen MR) is 141 cm³/mol. The van der Waals surface area contributed by atoms with Crippen molar-refractivity contribution in [2.75, 3.05) is 42.1 Å². The molecule has 9 heteroatoms. The molecule has 1 aliphatic heterocycles. The van der Waals surface area contributed by atoms with E-state index in [1.807, 2.05) is 6.20 Å². The van der Waals surface area contributed by atoms with Gasteiger partial charge in [0.1, 0.15) is 0 Å². The van der Waals surface area contributed by atoms with Crippen LogP contribution < -0.4 is 16.0 Å². The van der Waals surface area contributed by atoms with Crippen LogP contribution in [0.4, 0.5) is 23.3 Å². The van der Waals surface area contributed by atoms with Crippen LogP contribution in [0, 0.1) is 0 Å². The van der Waals surface area contributed by atoms with E-state index in [2.05, 4.69) is 54.4 Å². The van der Waals surface area contributed by atoms with E-state index < -0.39 is 0 Å². The molecule has 3 N–H and O–H groups in total. The lowest BCUT2D eigenvalue weighted by atomic mass is 9.94. The van der Waals surface area contributed by atoms with Gasteiger partial charge in [0.15, 0.2) is 0 Å². The zero-order valence-corrected chi connectivity index (χ0v) is 20.8. The van der Waals surface area contributed by atoms with Crippen molar-refractivity contribution in [3.05, 3.63) is 41.7 Å². The Kier molecular flexibility index (Phi) is 5.53. The Hall–Kier alpha value is -3.20. The molecule has 3 fully saturated rings. The molecule has 0 spiro atoms. The average molecular weight is 486 g/mol. The van der Waals surface area contributed by atoms with Gasteiger partial charge in [-0.15, -0.1) is 5.10 Å². The highest BCUT2D eigenvalue weighted by atomic mass is 15.5. The van der Waals surface area contributed by atoms with Gasteiger partial charge < -0.3 is 16.0 Å². The third-order valence-electron chi connectivity index (χ3n) is 8.81. The minimum absolute atomic E-state index is 0.285. The number of aromatic nitrogens is 5. The molecule has 0 radical (unpaired) electrons. The van der Waals surface area contributed by atoms with E-state index in [9.17, 15) is 0 Å². The van der Waals surface area contributed by atoms with Crippen LogP contribution in [0.2, 0.25) is 0 Å². The minimum atomic E-state index is 0.285. The van der Waals surface area contributed by atoms with Gasteiger partial charge in [-0.1, -0.05) is 19.3 Å². The summed E-state index contributed by atoms with van der Waals surface area (Å²) in [4.78, 5) is 19.0. The van der Waals surface area contributed by atoms with E-state index >= 15 is 0 Å². The van der Waals surface area contributed by atoms with Crippen LogP contribution >= 0.6 is 0 Å². The summed E-state index contributed by atoms with van der Waals surface area (Å²) in [7, 11) is 0. The lowest BCUT2D eigenvalue weighted by Crippen LogP contribution is -2.50. The number of nitrogens with zero attached hydrogens (tertiary/aromatic N) is 7. The van der Waals surface area contributed by atoms with Crippen LogP contribution in [-0.2, 0) is 0 Å². The molecule has 36 heavy (non-hydrogen) atoms. The molecule has 2 bridgehead atoms. The summed E-state index contributed by atoms with van der Waals surface area (Å²) in [5, 5.41) is 7.85. The van der Waals surface area contributed by atoms with Crippen molar-refractivity contribution in [2.24, 2.45) is 0 Å². The van der Waals surface area contributed by atoms with Crippen LogP contribution in [0.25, 0.3) is 5.95 Å². The number of nitrogen functional groups attached to an aromatic ring is 1. The number of fused-ring (bicyclic) bond motifs is 5. The molecule has 1 saturated heterocycles. The molecule has 9 nitrogen and oxygen atoms in total. The van der Waals surface area contributed by atoms with Gasteiger partial charge in [-0.3, -0.25) is 4.90 Å². The van der Waals surface area contributed by atoms with E-state index in [-0.39, 0.29) is 5.95 Å². The molecule has 4 aliphatic rings. The van der Waals surface area contributed by atoms with Crippen molar-refractivity contribution < 1.29 is 0 Å². The maximum absolute atomic E-state index is 6.19. The number of hydrogen-bond donors (Lipinski definition) is 2. The Labute approximate surface area is 212 Å². The second-order valence-corrected chi connectivity index (χ2v) is 10.9. The standard InChI is InChI=1S/C27H35N9/c28-25-32-26(33-36(25)27-29-17-23-18-6-7-19(16-18)24(23)31-27)30-20-8-10-22(11-9-20)35-14-12-34(13-15-35)21-4-2-1-3-5-21/h8-11,17-19,21H,1-7,12-16H2,(H3,28,30,32,33). The van der Waals surface area contributed by atoms with E-state index in [1.165, 1.54) is 73.0 Å². The number of rotatable bonds is 5. The van der Waals surface area contributed by atoms with Crippen LogP contribution in [0.5, 0.6) is 0 Å². The molecule has 2 atom stereocenters. The SMILES string of the molecule is Nc1nc(Nc2ccc(N3CCN(C4CCCCC4)CC3)cc2)nn1-c1ncc2c(n1)C1CCC2C1. The van der Waals surface area contributed by atoms with Gasteiger partial charge in [-0.05, 0) is 67.9 Å². The molecule has 7 rings (SSSR count). The number of nitrogens with one attached hydrogen (secondary N) is 1. The summed E-state index contributed by atoms with van der Waals surface area (Å²) in [6, 6.07) is 9.34. The zero-order valence-electron chi connectivity index (χ0n) is 20.8. The number of anilines is 4. The van der Waals surface area contributed by atoms with Crippen molar-refractivity contribution in [3.8, 4) is 5.95 Å². The Morgan fingerprint density at radius 1 is 0.861 bits per heavy atom. The van der Waals surface area contributed by atoms with E-state index in [4.69, 9.17) is 10.7 Å². The Balaban J connectivity index is 1.00. The van der Waals surface area contributed by atoms with Crippen LogP contribution in [0.1, 0.15) is 74.5 Å². The predicted octanol–water partition coefficient (Wildman–Crippen LogP) is 4.20. The fourth-order valence-electron chi connectivity index (χ4n) is 6.85. The normalized spacial score (nSPS) is 24.3. The van der Waals surface area contributed by atoms with Crippen molar-refractivity contribution in [2.45, 2.75) is 69.2 Å². The van der Waals surface area contributed by atoms with Crippen molar-refractivity contribution in [3.63, 3.8) is 0 Å².